The fourth-order valence-corrected chi connectivity index (χ4v) is 3.90. The number of hydrogen-bond donors (Lipinski definition) is 2. The van der Waals surface area contributed by atoms with E-state index in [2.05, 4.69) is 19.0 Å². The van der Waals surface area contributed by atoms with Crippen LogP contribution in [0.15, 0.2) is 5.16 Å². The topological polar surface area (TPSA) is 78.9 Å². The molecule has 1 aliphatic carbocycles. The lowest BCUT2D eigenvalue weighted by Gasteiger charge is -2.43. The highest BCUT2D eigenvalue weighted by molar-refractivity contribution is 6.06. The van der Waals surface area contributed by atoms with Crippen molar-refractivity contribution < 1.29 is 10.0 Å². The Labute approximate surface area is 127 Å². The number of hydrogen-bond acceptors (Lipinski definition) is 3. The maximum absolute atomic E-state index is 13.2. The Morgan fingerprint density at radius 2 is 1.81 bits per heavy atom. The number of oxime groups is 1. The van der Waals surface area contributed by atoms with Gasteiger partial charge in [0, 0.05) is 12.6 Å². The van der Waals surface area contributed by atoms with Gasteiger partial charge in [-0.15, -0.1) is 0 Å². The van der Waals surface area contributed by atoms with Crippen LogP contribution in [0, 0.1) is 11.3 Å². The lowest BCUT2D eigenvalue weighted by Crippen LogP contribution is -2.56. The molecule has 1 heterocycles. The number of piperidine rings is 1. The van der Waals surface area contributed by atoms with Gasteiger partial charge in [0.25, 0.3) is 0 Å². The lowest BCUT2D eigenvalue weighted by molar-refractivity contribution is -0.144. The van der Waals surface area contributed by atoms with Gasteiger partial charge in [-0.3, -0.25) is 4.79 Å². The van der Waals surface area contributed by atoms with Crippen molar-refractivity contribution in [1.82, 2.24) is 4.90 Å². The molecule has 120 valence electrons. The number of nitrogens with zero attached hydrogens (tertiary/aromatic N) is 2. The van der Waals surface area contributed by atoms with Crippen LogP contribution in [-0.4, -0.2) is 34.4 Å². The highest BCUT2D eigenvalue weighted by Crippen LogP contribution is 2.39. The number of rotatable bonds is 2. The van der Waals surface area contributed by atoms with Crippen LogP contribution in [-0.2, 0) is 4.79 Å². The van der Waals surface area contributed by atoms with Gasteiger partial charge >= 0.3 is 0 Å². The number of nitrogens with two attached hydrogens (primary N) is 1. The Kier molecular flexibility index (Phi) is 5.12. The first-order valence-electron chi connectivity index (χ1n) is 8.32. The molecular formula is C16H29N3O2. The molecule has 1 amide bonds. The van der Waals surface area contributed by atoms with Crippen LogP contribution in [0.3, 0.4) is 0 Å². The van der Waals surface area contributed by atoms with E-state index in [1.807, 2.05) is 4.90 Å². The van der Waals surface area contributed by atoms with Crippen LogP contribution in [0.2, 0.25) is 0 Å². The zero-order valence-electron chi connectivity index (χ0n) is 13.3. The zero-order chi connectivity index (χ0) is 15.5. The molecule has 0 spiro atoms. The number of carbonyl (C=O) groups excluding carboxylic acids is 1. The summed E-state index contributed by atoms with van der Waals surface area (Å²) in [6.07, 6.45) is 7.82. The summed E-state index contributed by atoms with van der Waals surface area (Å²) >= 11 is 0. The molecule has 1 saturated carbocycles. The molecule has 0 radical (unpaired) electrons. The van der Waals surface area contributed by atoms with Gasteiger partial charge in [0.1, 0.15) is 5.41 Å². The molecule has 2 fully saturated rings. The molecule has 5 nitrogen and oxygen atoms in total. The van der Waals surface area contributed by atoms with Crippen molar-refractivity contribution in [2.24, 2.45) is 22.2 Å². The summed E-state index contributed by atoms with van der Waals surface area (Å²) in [5.41, 5.74) is 5.21. The molecule has 1 saturated heterocycles. The summed E-state index contributed by atoms with van der Waals surface area (Å²) in [5, 5.41) is 12.4. The van der Waals surface area contributed by atoms with Crippen LogP contribution in [0.25, 0.3) is 0 Å². The van der Waals surface area contributed by atoms with Gasteiger partial charge in [-0.1, -0.05) is 37.8 Å². The molecule has 0 aromatic carbocycles. The van der Waals surface area contributed by atoms with Crippen LogP contribution >= 0.6 is 0 Å². The average molecular weight is 295 g/mol. The molecule has 2 atom stereocenters. The predicted molar refractivity (Wildman–Crippen MR) is 83.1 cm³/mol. The Bertz CT molecular complexity index is 400. The van der Waals surface area contributed by atoms with Crippen molar-refractivity contribution in [2.45, 2.75) is 71.3 Å². The summed E-state index contributed by atoms with van der Waals surface area (Å²) in [6.45, 7) is 5.12. The fraction of sp³-hybridized carbons (Fsp3) is 0.875. The van der Waals surface area contributed by atoms with Crippen LogP contribution in [0.1, 0.15) is 65.2 Å². The van der Waals surface area contributed by atoms with Gasteiger partial charge in [0.2, 0.25) is 5.91 Å². The Hall–Kier alpha value is -1.26. The smallest absolute Gasteiger partial charge is 0.236 e. The third-order valence-corrected chi connectivity index (χ3v) is 5.60. The van der Waals surface area contributed by atoms with Gasteiger partial charge in [0.05, 0.1) is 0 Å². The molecule has 2 unspecified atom stereocenters. The monoisotopic (exact) mass is 295 g/mol. The van der Waals surface area contributed by atoms with E-state index in [1.54, 1.807) is 0 Å². The number of amidine groups is 1. The summed E-state index contributed by atoms with van der Waals surface area (Å²) in [7, 11) is 0. The number of carbonyl (C=O) groups is 1. The lowest BCUT2D eigenvalue weighted by atomic mass is 9.76. The third kappa shape index (κ3) is 3.01. The number of amides is 1. The number of likely N-dealkylation sites (tertiary alicyclic amines) is 1. The van der Waals surface area contributed by atoms with Crippen molar-refractivity contribution in [2.75, 3.05) is 6.54 Å². The van der Waals surface area contributed by atoms with Gasteiger partial charge in [-0.2, -0.15) is 0 Å². The summed E-state index contributed by atoms with van der Waals surface area (Å²) in [4.78, 5) is 15.2. The van der Waals surface area contributed by atoms with E-state index in [-0.39, 0.29) is 17.8 Å². The fourth-order valence-electron chi connectivity index (χ4n) is 3.90. The first-order valence-corrected chi connectivity index (χ1v) is 8.32. The minimum absolute atomic E-state index is 0.0822. The minimum Gasteiger partial charge on any atom is -0.409 e. The zero-order valence-corrected chi connectivity index (χ0v) is 13.3. The van der Waals surface area contributed by atoms with E-state index in [1.165, 1.54) is 6.42 Å². The highest BCUT2D eigenvalue weighted by Gasteiger charge is 2.47. The molecule has 0 aromatic rings. The molecule has 0 bridgehead atoms. The molecular weight excluding hydrogens is 266 g/mol. The van der Waals surface area contributed by atoms with Crippen molar-refractivity contribution >= 4 is 11.7 Å². The van der Waals surface area contributed by atoms with Gasteiger partial charge in [-0.05, 0) is 38.5 Å². The second-order valence-corrected chi connectivity index (χ2v) is 6.84. The van der Waals surface area contributed by atoms with Crippen LogP contribution < -0.4 is 5.73 Å². The normalized spacial score (nSPS) is 30.8. The summed E-state index contributed by atoms with van der Waals surface area (Å²) in [5.74, 6) is 0.705. The van der Waals surface area contributed by atoms with E-state index in [0.717, 1.165) is 38.6 Å². The Morgan fingerprint density at radius 1 is 1.19 bits per heavy atom. The molecule has 5 heteroatoms. The maximum atomic E-state index is 13.2. The summed E-state index contributed by atoms with van der Waals surface area (Å²) in [6, 6.07) is 0.234. The first kappa shape index (κ1) is 16.1. The quantitative estimate of drug-likeness (QED) is 0.270. The van der Waals surface area contributed by atoms with Crippen molar-refractivity contribution in [3.8, 4) is 0 Å². The van der Waals surface area contributed by atoms with Gasteiger partial charge in [-0.25, -0.2) is 0 Å². The largest absolute Gasteiger partial charge is 0.409 e. The highest BCUT2D eigenvalue weighted by atomic mass is 16.4. The average Bonchev–Trinajstić information content (AvgIpc) is 2.75. The van der Waals surface area contributed by atoms with Crippen LogP contribution in [0.4, 0.5) is 0 Å². The Balaban J connectivity index is 2.29. The van der Waals surface area contributed by atoms with E-state index in [4.69, 9.17) is 5.73 Å². The van der Waals surface area contributed by atoms with E-state index >= 15 is 0 Å². The molecule has 1 aliphatic heterocycles. The van der Waals surface area contributed by atoms with Gasteiger partial charge < -0.3 is 15.8 Å². The predicted octanol–water partition coefficient (Wildman–Crippen LogP) is 2.72. The van der Waals surface area contributed by atoms with E-state index in [0.29, 0.717) is 18.8 Å². The van der Waals surface area contributed by atoms with Crippen molar-refractivity contribution in [1.29, 1.82) is 0 Å². The van der Waals surface area contributed by atoms with E-state index < -0.39 is 5.41 Å². The summed E-state index contributed by atoms with van der Waals surface area (Å²) < 4.78 is 0. The van der Waals surface area contributed by atoms with Gasteiger partial charge in [0.15, 0.2) is 5.84 Å². The molecule has 3 N–H and O–H groups in total. The van der Waals surface area contributed by atoms with E-state index in [9.17, 15) is 10.0 Å². The second-order valence-electron chi connectivity index (χ2n) is 6.84. The van der Waals surface area contributed by atoms with Crippen LogP contribution in [0.5, 0.6) is 0 Å². The minimum atomic E-state index is -0.781. The maximum Gasteiger partial charge on any atom is 0.236 e. The third-order valence-electron chi connectivity index (χ3n) is 5.60. The van der Waals surface area contributed by atoms with Crippen molar-refractivity contribution in [3.05, 3.63) is 0 Å². The molecule has 2 aliphatic rings. The second kappa shape index (κ2) is 6.67. The standard InChI is InChI=1S/C16H29N3O2/c1-12-8-7-11-19(13(12)2)15(20)16(14(17)18-21)9-5-3-4-6-10-16/h12-13,21H,3-11H2,1-2H3,(H2,17,18). The molecule has 0 aromatic heterocycles. The SMILES string of the molecule is CC1CCCN(C(=O)C2(C(N)=NO)CCCCCC2)C1C. The Morgan fingerprint density at radius 3 is 2.38 bits per heavy atom. The molecule has 2 rings (SSSR count). The first-order chi connectivity index (χ1) is 10.0. The van der Waals surface area contributed by atoms with Crippen molar-refractivity contribution in [3.63, 3.8) is 0 Å². The molecule has 21 heavy (non-hydrogen) atoms.